The van der Waals surface area contributed by atoms with Gasteiger partial charge >= 0.3 is 5.69 Å². The molecule has 1 saturated heterocycles. The molecule has 1 N–H and O–H groups in total. The average Bonchev–Trinajstić information content (AvgIpc) is 3.28. The number of aromatic nitrogens is 2. The van der Waals surface area contributed by atoms with E-state index in [1.165, 1.54) is 17.3 Å². The molecular formula is C18H21N5O2. The van der Waals surface area contributed by atoms with Crippen molar-refractivity contribution < 1.29 is 4.92 Å². The quantitative estimate of drug-likeness (QED) is 0.662. The fourth-order valence-corrected chi connectivity index (χ4v) is 3.46. The lowest BCUT2D eigenvalue weighted by Crippen LogP contribution is -2.25. The average molecular weight is 339 g/mol. The summed E-state index contributed by atoms with van der Waals surface area (Å²) in [6.45, 7) is 2.97. The molecule has 1 aliphatic carbocycles. The van der Waals surface area contributed by atoms with E-state index < -0.39 is 4.92 Å². The molecule has 2 fully saturated rings. The monoisotopic (exact) mass is 339 g/mol. The highest BCUT2D eigenvalue weighted by atomic mass is 16.6. The van der Waals surface area contributed by atoms with Crippen LogP contribution in [0.3, 0.4) is 0 Å². The van der Waals surface area contributed by atoms with E-state index in [1.54, 1.807) is 0 Å². The minimum absolute atomic E-state index is 0.0534. The van der Waals surface area contributed by atoms with E-state index in [2.05, 4.69) is 45.3 Å². The number of nitrogens with one attached hydrogen (secondary N) is 1. The zero-order valence-corrected chi connectivity index (χ0v) is 14.2. The zero-order chi connectivity index (χ0) is 17.4. The molecule has 1 aliphatic heterocycles. The Morgan fingerprint density at radius 3 is 2.80 bits per heavy atom. The van der Waals surface area contributed by atoms with Gasteiger partial charge in [0.05, 0.1) is 11.0 Å². The van der Waals surface area contributed by atoms with Crippen LogP contribution in [0.15, 0.2) is 30.5 Å². The summed E-state index contributed by atoms with van der Waals surface area (Å²) in [6.07, 6.45) is 5.50. The minimum Gasteiger partial charge on any atom is -0.361 e. The number of aryl methyl sites for hydroxylation is 1. The fraction of sp³-hybridized carbons (Fsp3) is 0.444. The van der Waals surface area contributed by atoms with Crippen LogP contribution in [-0.4, -0.2) is 27.5 Å². The molecule has 2 heterocycles. The Morgan fingerprint density at radius 2 is 2.08 bits per heavy atom. The molecule has 7 nitrogen and oxygen atoms in total. The summed E-state index contributed by atoms with van der Waals surface area (Å²) in [4.78, 5) is 21.8. The molecule has 1 aromatic heterocycles. The largest absolute Gasteiger partial charge is 0.361 e. The Labute approximate surface area is 146 Å². The van der Waals surface area contributed by atoms with Gasteiger partial charge in [0.25, 0.3) is 0 Å². The number of anilines is 2. The second-order valence-corrected chi connectivity index (χ2v) is 6.79. The van der Waals surface area contributed by atoms with Crippen molar-refractivity contribution in [3.05, 3.63) is 51.7 Å². The van der Waals surface area contributed by atoms with Crippen LogP contribution in [0.25, 0.3) is 0 Å². The van der Waals surface area contributed by atoms with Gasteiger partial charge in [-0.15, -0.1) is 0 Å². The van der Waals surface area contributed by atoms with Gasteiger partial charge < -0.3 is 10.2 Å². The zero-order valence-electron chi connectivity index (χ0n) is 14.2. The van der Waals surface area contributed by atoms with Gasteiger partial charge in [0.2, 0.25) is 11.8 Å². The molecule has 0 radical (unpaired) electrons. The first kappa shape index (κ1) is 15.8. The summed E-state index contributed by atoms with van der Waals surface area (Å²) >= 11 is 0. The van der Waals surface area contributed by atoms with Crippen molar-refractivity contribution in [3.8, 4) is 0 Å². The lowest BCUT2D eigenvalue weighted by atomic mass is 9.99. The molecule has 7 heteroatoms. The number of hydrogen-bond donors (Lipinski definition) is 1. The molecule has 25 heavy (non-hydrogen) atoms. The SMILES string of the molecule is Cc1ccccc1[C@H]1CCCN1c1ncc([N+](=O)[O-])c(NC2CC2)n1. The van der Waals surface area contributed by atoms with Crippen molar-refractivity contribution in [2.45, 2.75) is 44.7 Å². The van der Waals surface area contributed by atoms with Crippen molar-refractivity contribution in [1.29, 1.82) is 0 Å². The van der Waals surface area contributed by atoms with Crippen LogP contribution in [0.4, 0.5) is 17.5 Å². The third-order valence-electron chi connectivity index (χ3n) is 4.93. The molecule has 2 aliphatic rings. The van der Waals surface area contributed by atoms with Gasteiger partial charge in [0.15, 0.2) is 0 Å². The number of rotatable bonds is 5. The maximum Gasteiger partial charge on any atom is 0.329 e. The molecule has 0 bridgehead atoms. The van der Waals surface area contributed by atoms with Crippen molar-refractivity contribution in [2.24, 2.45) is 0 Å². The Morgan fingerprint density at radius 1 is 1.28 bits per heavy atom. The summed E-state index contributed by atoms with van der Waals surface area (Å²) < 4.78 is 0. The van der Waals surface area contributed by atoms with Crippen LogP contribution in [0.2, 0.25) is 0 Å². The summed E-state index contributed by atoms with van der Waals surface area (Å²) in [6, 6.07) is 8.87. The Hall–Kier alpha value is -2.70. The van der Waals surface area contributed by atoms with E-state index in [4.69, 9.17) is 0 Å². The maximum absolute atomic E-state index is 11.3. The molecule has 2 aromatic rings. The first-order valence-corrected chi connectivity index (χ1v) is 8.73. The lowest BCUT2D eigenvalue weighted by Gasteiger charge is -2.26. The highest BCUT2D eigenvalue weighted by molar-refractivity contribution is 5.59. The van der Waals surface area contributed by atoms with Crippen LogP contribution in [0.5, 0.6) is 0 Å². The molecule has 1 aromatic carbocycles. The lowest BCUT2D eigenvalue weighted by molar-refractivity contribution is -0.384. The molecule has 1 atom stereocenters. The van der Waals surface area contributed by atoms with E-state index in [1.807, 2.05) is 6.07 Å². The molecule has 0 amide bonds. The first-order valence-electron chi connectivity index (χ1n) is 8.73. The van der Waals surface area contributed by atoms with E-state index >= 15 is 0 Å². The van der Waals surface area contributed by atoms with E-state index in [9.17, 15) is 10.1 Å². The summed E-state index contributed by atoms with van der Waals surface area (Å²) in [5, 5.41) is 14.4. The maximum atomic E-state index is 11.3. The highest BCUT2D eigenvalue weighted by Gasteiger charge is 2.32. The minimum atomic E-state index is -0.419. The van der Waals surface area contributed by atoms with Gasteiger partial charge in [-0.1, -0.05) is 24.3 Å². The van der Waals surface area contributed by atoms with E-state index in [-0.39, 0.29) is 11.7 Å². The third kappa shape index (κ3) is 3.14. The van der Waals surface area contributed by atoms with Crippen molar-refractivity contribution in [3.63, 3.8) is 0 Å². The van der Waals surface area contributed by atoms with Crippen molar-refractivity contribution in [1.82, 2.24) is 9.97 Å². The summed E-state index contributed by atoms with van der Waals surface area (Å²) in [5.41, 5.74) is 2.47. The number of hydrogen-bond acceptors (Lipinski definition) is 6. The number of nitrogens with zero attached hydrogens (tertiary/aromatic N) is 4. The summed E-state index contributed by atoms with van der Waals surface area (Å²) in [5.74, 6) is 0.910. The topological polar surface area (TPSA) is 84.2 Å². The van der Waals surface area contributed by atoms with Crippen molar-refractivity contribution in [2.75, 3.05) is 16.8 Å². The van der Waals surface area contributed by atoms with Gasteiger partial charge in [-0.2, -0.15) is 4.98 Å². The third-order valence-corrected chi connectivity index (χ3v) is 4.93. The van der Waals surface area contributed by atoms with Crippen LogP contribution in [0, 0.1) is 17.0 Å². The molecule has 4 rings (SSSR count). The number of benzene rings is 1. The van der Waals surface area contributed by atoms with Crippen LogP contribution in [0.1, 0.15) is 42.9 Å². The van der Waals surface area contributed by atoms with E-state index in [0.29, 0.717) is 17.8 Å². The Bertz CT molecular complexity index is 806. The first-order chi connectivity index (χ1) is 12.1. The summed E-state index contributed by atoms with van der Waals surface area (Å²) in [7, 11) is 0. The molecule has 0 spiro atoms. The standard InChI is InChI=1S/C18H21N5O2/c1-12-5-2-3-6-14(12)15-7-4-10-22(15)18-19-11-16(23(24)25)17(21-18)20-13-8-9-13/h2-3,5-6,11,13,15H,4,7-10H2,1H3,(H,19,20,21)/t15-/m1/s1. The molecule has 0 unspecified atom stereocenters. The van der Waals surface area contributed by atoms with Gasteiger partial charge in [0, 0.05) is 12.6 Å². The fourth-order valence-electron chi connectivity index (χ4n) is 3.46. The van der Waals surface area contributed by atoms with E-state index in [0.717, 1.165) is 32.2 Å². The van der Waals surface area contributed by atoms with Crippen molar-refractivity contribution >= 4 is 17.5 Å². The predicted octanol–water partition coefficient (Wildman–Crippen LogP) is 3.61. The molecule has 130 valence electrons. The molecule has 1 saturated carbocycles. The number of nitro groups is 1. The second kappa shape index (κ2) is 6.31. The Balaban J connectivity index is 1.68. The second-order valence-electron chi connectivity index (χ2n) is 6.79. The Kier molecular flexibility index (Phi) is 3.99. The van der Waals surface area contributed by atoms with Crippen LogP contribution < -0.4 is 10.2 Å². The van der Waals surface area contributed by atoms with Crippen LogP contribution >= 0.6 is 0 Å². The highest BCUT2D eigenvalue weighted by Crippen LogP contribution is 2.37. The van der Waals surface area contributed by atoms with Gasteiger partial charge in [0.1, 0.15) is 6.20 Å². The molecular weight excluding hydrogens is 318 g/mol. The van der Waals surface area contributed by atoms with Gasteiger partial charge in [-0.05, 0) is 43.7 Å². The predicted molar refractivity (Wildman–Crippen MR) is 95.8 cm³/mol. The normalized spacial score (nSPS) is 19.9. The van der Waals surface area contributed by atoms with Crippen LogP contribution in [-0.2, 0) is 0 Å². The van der Waals surface area contributed by atoms with Gasteiger partial charge in [-0.25, -0.2) is 4.98 Å². The van der Waals surface area contributed by atoms with Gasteiger partial charge in [-0.3, -0.25) is 10.1 Å². The smallest absolute Gasteiger partial charge is 0.329 e.